The number of carbonyl (C=O) groups is 2. The lowest BCUT2D eigenvalue weighted by atomic mass is 9.77. The van der Waals surface area contributed by atoms with E-state index in [4.69, 9.17) is 4.74 Å². The number of fused-ring (bicyclic) bond motifs is 1. The van der Waals surface area contributed by atoms with Crippen molar-refractivity contribution in [3.8, 4) is 11.5 Å². The monoisotopic (exact) mass is 803 g/mol. The number of rotatable bonds is 13. The van der Waals surface area contributed by atoms with Crippen LogP contribution in [0.5, 0.6) is 11.5 Å². The largest absolute Gasteiger partial charge is 0.507 e. The van der Waals surface area contributed by atoms with Crippen molar-refractivity contribution in [3.63, 3.8) is 0 Å². The Morgan fingerprint density at radius 2 is 1.32 bits per heavy atom. The third-order valence-electron chi connectivity index (χ3n) is 13.8. The van der Waals surface area contributed by atoms with Crippen LogP contribution in [0.1, 0.15) is 106 Å². The lowest BCUT2D eigenvalue weighted by Gasteiger charge is -2.29. The van der Waals surface area contributed by atoms with Crippen LogP contribution < -0.4 is 31.5 Å². The summed E-state index contributed by atoms with van der Waals surface area (Å²) in [4.78, 5) is 54.2. The number of nitrogens with one attached hydrogen (secondary N) is 3. The van der Waals surface area contributed by atoms with E-state index in [1.54, 1.807) is 0 Å². The van der Waals surface area contributed by atoms with Gasteiger partial charge < -0.3 is 36.0 Å². The number of anilines is 1. The molecule has 59 heavy (non-hydrogen) atoms. The van der Waals surface area contributed by atoms with E-state index < -0.39 is 12.0 Å². The molecule has 0 bridgehead atoms. The number of aliphatic hydroxyl groups is 2. The zero-order valence-corrected chi connectivity index (χ0v) is 34.7. The van der Waals surface area contributed by atoms with Crippen molar-refractivity contribution < 1.29 is 29.6 Å². The normalized spacial score (nSPS) is 20.7. The summed E-state index contributed by atoms with van der Waals surface area (Å²) in [6.45, 7) is 6.83. The van der Waals surface area contributed by atoms with Crippen molar-refractivity contribution in [3.05, 3.63) is 66.0 Å². The van der Waals surface area contributed by atoms with Gasteiger partial charge in [-0.2, -0.15) is 0 Å². The van der Waals surface area contributed by atoms with E-state index in [2.05, 4.69) is 22.0 Å². The Labute approximate surface area is 343 Å². The molecule has 0 saturated heterocycles. The maximum absolute atomic E-state index is 14.9. The van der Waals surface area contributed by atoms with Gasteiger partial charge in [-0.1, -0.05) is 11.6 Å². The molecule has 8 rings (SSSR count). The number of aromatic hydroxyl groups is 1. The zero-order chi connectivity index (χ0) is 41.7. The molecule has 2 amide bonds. The molecule has 6 N–H and O–H groups in total. The summed E-state index contributed by atoms with van der Waals surface area (Å²) in [5.74, 6) is 1.00. The van der Waals surface area contributed by atoms with Crippen LogP contribution in [0, 0.1) is 23.7 Å². The summed E-state index contributed by atoms with van der Waals surface area (Å²) in [5, 5.41) is 48.2. The van der Waals surface area contributed by atoms with Crippen LogP contribution in [-0.4, -0.2) is 53.9 Å². The molecule has 0 unspecified atom stereocenters. The first-order valence-corrected chi connectivity index (χ1v) is 21.7. The number of hydrogen-bond acceptors (Lipinski definition) is 9. The van der Waals surface area contributed by atoms with Crippen LogP contribution in [0.15, 0.2) is 27.3 Å². The first-order chi connectivity index (χ1) is 28.5. The van der Waals surface area contributed by atoms with E-state index in [1.807, 2.05) is 26.8 Å². The Hall–Kier alpha value is -5.00. The molecule has 11 heteroatoms. The highest BCUT2D eigenvalue weighted by molar-refractivity contribution is 6.38. The third kappa shape index (κ3) is 6.93. The van der Waals surface area contributed by atoms with Crippen molar-refractivity contribution in [2.24, 2.45) is 23.7 Å². The Morgan fingerprint density at radius 1 is 0.746 bits per heavy atom. The second-order valence-electron chi connectivity index (χ2n) is 17.3. The Kier molecular flexibility index (Phi) is 11.4. The summed E-state index contributed by atoms with van der Waals surface area (Å²) in [5.41, 5.74) is 3.90. The second kappa shape index (κ2) is 16.6. The van der Waals surface area contributed by atoms with Gasteiger partial charge in [-0.3, -0.25) is 19.2 Å². The van der Waals surface area contributed by atoms with Crippen LogP contribution in [-0.2, 0) is 35.6 Å². The number of methoxy groups -OCH3 is 1. The van der Waals surface area contributed by atoms with Gasteiger partial charge in [0, 0.05) is 59.1 Å². The van der Waals surface area contributed by atoms with Gasteiger partial charge >= 0.3 is 0 Å². The number of amides is 2. The molecule has 0 heterocycles. The molecular formula is C48H57N3O8. The summed E-state index contributed by atoms with van der Waals surface area (Å²) in [6, 6.07) is 3.20. The van der Waals surface area contributed by atoms with Gasteiger partial charge in [0.1, 0.15) is 5.75 Å². The molecule has 11 nitrogen and oxygen atoms in total. The van der Waals surface area contributed by atoms with E-state index in [-0.39, 0.29) is 58.5 Å². The summed E-state index contributed by atoms with van der Waals surface area (Å²) in [7, 11) is 1.51. The Bertz CT molecular complexity index is 2600. The average molecular weight is 804 g/mol. The number of aliphatic hydroxyl groups excluding tert-OH is 2. The quantitative estimate of drug-likeness (QED) is 0.0554. The molecule has 2 saturated carbocycles. The lowest BCUT2D eigenvalue weighted by molar-refractivity contribution is -0.126. The molecule has 312 valence electrons. The molecule has 0 radical (unpaired) electrons. The van der Waals surface area contributed by atoms with Gasteiger partial charge in [0.15, 0.2) is 11.2 Å². The first kappa shape index (κ1) is 40.8. The number of phenolic OH excluding ortho intramolecular Hbond substituents is 1. The van der Waals surface area contributed by atoms with Gasteiger partial charge in [-0.25, -0.2) is 0 Å². The summed E-state index contributed by atoms with van der Waals surface area (Å²) >= 11 is 0. The minimum atomic E-state index is -0.459. The lowest BCUT2D eigenvalue weighted by Crippen LogP contribution is -2.34. The van der Waals surface area contributed by atoms with Crippen molar-refractivity contribution in [1.29, 1.82) is 0 Å². The minimum absolute atomic E-state index is 0.000599. The van der Waals surface area contributed by atoms with Crippen LogP contribution in [0.2, 0.25) is 0 Å². The highest BCUT2D eigenvalue weighted by Gasteiger charge is 2.34. The maximum Gasteiger partial charge on any atom is 0.230 e. The molecule has 0 atom stereocenters. The van der Waals surface area contributed by atoms with Gasteiger partial charge in [0.05, 0.1) is 31.1 Å². The molecule has 0 aromatic heterocycles. The molecule has 5 aromatic carbocycles. The van der Waals surface area contributed by atoms with Crippen LogP contribution in [0.3, 0.4) is 0 Å². The van der Waals surface area contributed by atoms with Crippen LogP contribution in [0.4, 0.5) is 5.69 Å². The highest BCUT2D eigenvalue weighted by atomic mass is 16.5. The number of ether oxygens (including phenoxy) is 1. The number of benzene rings is 5. The minimum Gasteiger partial charge on any atom is -0.507 e. The molecule has 3 aliphatic carbocycles. The average Bonchev–Trinajstić information content (AvgIpc) is 3.39. The molecule has 5 aromatic rings. The standard InChI is InChI=1S/C48H57N3O8/c1-5-49-47(57)27-12-7-25(8-13-27)11-16-31-32-17-24(3)18-33-39-38(32)43-37(30(23-53)20-35(54)41(43)44(31)55)36-29(22-52)19-34(40(42(36)39)45(56)46(33)59-4)51-21-26-9-14-28(15-10-26)48(58)50-6-2/h17,19-20,25-28,51-53,55H,5-16,18,21-23H2,1-4H3,(H,49,57)(H,50,58). The van der Waals surface area contributed by atoms with Gasteiger partial charge in [-0.15, -0.1) is 0 Å². The van der Waals surface area contributed by atoms with E-state index >= 15 is 0 Å². The van der Waals surface area contributed by atoms with E-state index in [0.717, 1.165) is 79.7 Å². The second-order valence-corrected chi connectivity index (χ2v) is 17.3. The maximum atomic E-state index is 14.9. The SMILES string of the molecule is CCNC(=O)C1CCC(CCc2c(O)c3c(=O)cc(CO)c4c5c(CO)cc(NCC6CCC(C(=O)NCC)CC6)c6c(=O)c(OC)c7c(c(c2C=C(C)C7)c34)c65)CC1. The fourth-order valence-corrected chi connectivity index (χ4v) is 11.0. The predicted molar refractivity (Wildman–Crippen MR) is 234 cm³/mol. The predicted octanol–water partition coefficient (Wildman–Crippen LogP) is 6.78. The van der Waals surface area contributed by atoms with Crippen molar-refractivity contribution >= 4 is 66.7 Å². The number of hydrogen-bond donors (Lipinski definition) is 6. The highest BCUT2D eigenvalue weighted by Crippen LogP contribution is 2.52. The fraction of sp³-hybridized carbons (Fsp3) is 0.500. The number of carbonyl (C=O) groups excluding carboxylic acids is 2. The molecule has 2 fully saturated rings. The summed E-state index contributed by atoms with van der Waals surface area (Å²) < 4.78 is 6.01. The van der Waals surface area contributed by atoms with E-state index in [0.29, 0.717) is 93.3 Å². The van der Waals surface area contributed by atoms with Gasteiger partial charge in [-0.05, 0) is 154 Å². The fourth-order valence-electron chi connectivity index (χ4n) is 11.0. The van der Waals surface area contributed by atoms with Gasteiger partial charge in [0.2, 0.25) is 17.2 Å². The van der Waals surface area contributed by atoms with E-state index in [9.17, 15) is 34.5 Å². The Morgan fingerprint density at radius 3 is 1.90 bits per heavy atom. The summed E-state index contributed by atoms with van der Waals surface area (Å²) in [6.07, 6.45) is 10.5. The number of allylic oxidation sites excluding steroid dienone is 1. The van der Waals surface area contributed by atoms with E-state index in [1.165, 1.54) is 13.2 Å². The number of phenols is 1. The van der Waals surface area contributed by atoms with Crippen molar-refractivity contribution in [1.82, 2.24) is 10.6 Å². The topological polar surface area (TPSA) is 174 Å². The van der Waals surface area contributed by atoms with Crippen LogP contribution >= 0.6 is 0 Å². The van der Waals surface area contributed by atoms with Crippen molar-refractivity contribution in [2.75, 3.05) is 32.1 Å². The molecular weight excluding hydrogens is 747 g/mol. The van der Waals surface area contributed by atoms with Crippen LogP contribution in [0.25, 0.3) is 49.2 Å². The third-order valence-corrected chi connectivity index (χ3v) is 13.8. The zero-order valence-electron chi connectivity index (χ0n) is 34.7. The molecule has 0 spiro atoms. The smallest absolute Gasteiger partial charge is 0.230 e. The van der Waals surface area contributed by atoms with Gasteiger partial charge in [0.25, 0.3) is 0 Å². The molecule has 0 aliphatic heterocycles. The van der Waals surface area contributed by atoms with Crippen molar-refractivity contribution in [2.45, 2.75) is 105 Å². The molecule has 3 aliphatic rings. The first-order valence-electron chi connectivity index (χ1n) is 21.7. The Balaban J connectivity index is 1.33.